The molecule has 0 aliphatic carbocycles. The molecule has 1 N–H and O–H groups in total. The van der Waals surface area contributed by atoms with E-state index in [2.05, 4.69) is 15.5 Å². The Morgan fingerprint density at radius 3 is 2.42 bits per heavy atom. The van der Waals surface area contributed by atoms with Crippen molar-refractivity contribution in [3.8, 4) is 17.1 Å². The molecule has 3 aromatic rings. The van der Waals surface area contributed by atoms with Gasteiger partial charge in [0.25, 0.3) is 0 Å². The van der Waals surface area contributed by atoms with Crippen LogP contribution in [0.2, 0.25) is 0 Å². The molecule has 0 bridgehead atoms. The number of aromatic nitrogens is 2. The SMILES string of the molecule is CC[C@@H](C(=O)NCc1nc(-c2ccccc2)no1)N(c1ccc(OC)cc1)S(C)(=O)=O. The monoisotopic (exact) mass is 444 g/mol. The number of sulfonamides is 1. The van der Waals surface area contributed by atoms with Gasteiger partial charge in [-0.05, 0) is 30.7 Å². The van der Waals surface area contributed by atoms with Crippen molar-refractivity contribution in [2.45, 2.75) is 25.9 Å². The fraction of sp³-hybridized carbons (Fsp3) is 0.286. The fourth-order valence-electron chi connectivity index (χ4n) is 3.10. The van der Waals surface area contributed by atoms with Crippen molar-refractivity contribution in [2.24, 2.45) is 0 Å². The van der Waals surface area contributed by atoms with E-state index >= 15 is 0 Å². The summed E-state index contributed by atoms with van der Waals surface area (Å²) >= 11 is 0. The number of methoxy groups -OCH3 is 1. The zero-order chi connectivity index (χ0) is 22.4. The van der Waals surface area contributed by atoms with Gasteiger partial charge in [-0.15, -0.1) is 0 Å². The molecule has 10 heteroatoms. The van der Waals surface area contributed by atoms with E-state index in [1.54, 1.807) is 31.2 Å². The Kier molecular flexibility index (Phi) is 6.91. The average Bonchev–Trinajstić information content (AvgIpc) is 3.25. The van der Waals surface area contributed by atoms with Crippen molar-refractivity contribution < 1.29 is 22.5 Å². The van der Waals surface area contributed by atoms with Gasteiger partial charge in [-0.2, -0.15) is 4.98 Å². The van der Waals surface area contributed by atoms with Crippen molar-refractivity contribution >= 4 is 21.6 Å². The van der Waals surface area contributed by atoms with Crippen LogP contribution in [0.5, 0.6) is 5.75 Å². The predicted molar refractivity (Wildman–Crippen MR) is 116 cm³/mol. The zero-order valence-electron chi connectivity index (χ0n) is 17.5. The quantitative estimate of drug-likeness (QED) is 0.539. The van der Waals surface area contributed by atoms with Crippen molar-refractivity contribution in [2.75, 3.05) is 17.7 Å². The summed E-state index contributed by atoms with van der Waals surface area (Å²) in [7, 11) is -2.21. The molecule has 0 aliphatic heterocycles. The molecule has 1 heterocycles. The standard InChI is InChI=1S/C21H24N4O5S/c1-4-18(25(31(3,27)28)16-10-12-17(29-2)13-11-16)21(26)22-14-19-23-20(24-30-19)15-8-6-5-7-9-15/h5-13,18H,4,14H2,1-3H3,(H,22,26)/t18-/m0/s1. The molecule has 0 fully saturated rings. The van der Waals surface area contributed by atoms with Crippen molar-refractivity contribution in [3.05, 3.63) is 60.5 Å². The molecule has 164 valence electrons. The summed E-state index contributed by atoms with van der Waals surface area (Å²) in [5.41, 5.74) is 1.16. The van der Waals surface area contributed by atoms with Gasteiger partial charge in [-0.1, -0.05) is 42.4 Å². The number of rotatable bonds is 9. The summed E-state index contributed by atoms with van der Waals surface area (Å²) in [6.07, 6.45) is 1.33. The van der Waals surface area contributed by atoms with Gasteiger partial charge in [-0.25, -0.2) is 8.42 Å². The average molecular weight is 445 g/mol. The molecule has 0 unspecified atom stereocenters. The van der Waals surface area contributed by atoms with Gasteiger partial charge in [0, 0.05) is 5.56 Å². The van der Waals surface area contributed by atoms with Crippen LogP contribution in [0.3, 0.4) is 0 Å². The minimum atomic E-state index is -3.73. The predicted octanol–water partition coefficient (Wildman–Crippen LogP) is 2.61. The highest BCUT2D eigenvalue weighted by atomic mass is 32.2. The van der Waals surface area contributed by atoms with E-state index in [-0.39, 0.29) is 18.9 Å². The number of anilines is 1. The lowest BCUT2D eigenvalue weighted by Gasteiger charge is -2.30. The number of carbonyl (C=O) groups excluding carboxylic acids is 1. The summed E-state index contributed by atoms with van der Waals surface area (Å²) in [6.45, 7) is 1.72. The zero-order valence-corrected chi connectivity index (χ0v) is 18.3. The van der Waals surface area contributed by atoms with Crippen LogP contribution in [0.1, 0.15) is 19.2 Å². The fourth-order valence-corrected chi connectivity index (χ4v) is 4.31. The third kappa shape index (κ3) is 5.40. The van der Waals surface area contributed by atoms with E-state index in [1.807, 2.05) is 30.3 Å². The molecule has 0 saturated heterocycles. The first-order valence-electron chi connectivity index (χ1n) is 9.62. The highest BCUT2D eigenvalue weighted by molar-refractivity contribution is 7.92. The first kappa shape index (κ1) is 22.3. The summed E-state index contributed by atoms with van der Waals surface area (Å²) in [6, 6.07) is 14.8. The Hall–Kier alpha value is -3.40. The lowest BCUT2D eigenvalue weighted by molar-refractivity contribution is -0.122. The molecule has 1 atom stereocenters. The Bertz CT molecular complexity index is 1110. The van der Waals surface area contributed by atoms with E-state index < -0.39 is 22.0 Å². The normalized spacial score (nSPS) is 12.2. The molecule has 9 nitrogen and oxygen atoms in total. The molecule has 31 heavy (non-hydrogen) atoms. The number of benzene rings is 2. The second-order valence-electron chi connectivity index (χ2n) is 6.78. The Labute approximate surface area is 181 Å². The highest BCUT2D eigenvalue weighted by Crippen LogP contribution is 2.25. The minimum absolute atomic E-state index is 0.0185. The van der Waals surface area contributed by atoms with Gasteiger partial charge >= 0.3 is 0 Å². The Morgan fingerprint density at radius 2 is 1.84 bits per heavy atom. The number of hydrogen-bond acceptors (Lipinski definition) is 7. The van der Waals surface area contributed by atoms with Gasteiger partial charge in [0.2, 0.25) is 27.6 Å². The smallest absolute Gasteiger partial charge is 0.246 e. The van der Waals surface area contributed by atoms with Crippen molar-refractivity contribution in [1.29, 1.82) is 0 Å². The third-order valence-corrected chi connectivity index (χ3v) is 5.75. The number of ether oxygens (including phenoxy) is 1. The molecule has 1 amide bonds. The van der Waals surface area contributed by atoms with Crippen molar-refractivity contribution in [3.63, 3.8) is 0 Å². The van der Waals surface area contributed by atoms with Gasteiger partial charge in [-0.3, -0.25) is 9.10 Å². The van der Waals surface area contributed by atoms with Crippen molar-refractivity contribution in [1.82, 2.24) is 15.5 Å². The third-order valence-electron chi connectivity index (χ3n) is 4.57. The number of nitrogens with zero attached hydrogens (tertiary/aromatic N) is 3. The summed E-state index contributed by atoms with van der Waals surface area (Å²) in [5.74, 6) is 0.744. The Balaban J connectivity index is 1.75. The van der Waals surface area contributed by atoms with Crippen LogP contribution in [0.25, 0.3) is 11.4 Å². The highest BCUT2D eigenvalue weighted by Gasteiger charge is 2.31. The molecule has 0 spiro atoms. The van der Waals surface area contributed by atoms with Crippen LogP contribution in [-0.2, 0) is 21.4 Å². The number of carbonyl (C=O) groups is 1. The molecule has 3 rings (SSSR count). The first-order valence-corrected chi connectivity index (χ1v) is 11.5. The second kappa shape index (κ2) is 9.61. The minimum Gasteiger partial charge on any atom is -0.497 e. The maximum absolute atomic E-state index is 12.9. The lowest BCUT2D eigenvalue weighted by atomic mass is 10.2. The molecule has 0 aliphatic rings. The molecule has 2 aromatic carbocycles. The number of nitrogens with one attached hydrogen (secondary N) is 1. The maximum Gasteiger partial charge on any atom is 0.246 e. The summed E-state index contributed by atoms with van der Waals surface area (Å²) in [4.78, 5) is 17.1. The molecular formula is C21H24N4O5S. The van der Waals surface area contributed by atoms with Gasteiger partial charge < -0.3 is 14.6 Å². The number of amides is 1. The topological polar surface area (TPSA) is 115 Å². The largest absolute Gasteiger partial charge is 0.497 e. The summed E-state index contributed by atoms with van der Waals surface area (Å²) in [5, 5.41) is 6.61. The van der Waals surface area contributed by atoms with E-state index in [0.717, 1.165) is 16.1 Å². The molecular weight excluding hydrogens is 420 g/mol. The van der Waals surface area contributed by atoms with E-state index in [0.29, 0.717) is 17.3 Å². The van der Waals surface area contributed by atoms with Gasteiger partial charge in [0.05, 0.1) is 25.6 Å². The van der Waals surface area contributed by atoms with Gasteiger partial charge in [0.15, 0.2) is 0 Å². The van der Waals surface area contributed by atoms with Gasteiger partial charge in [0.1, 0.15) is 11.8 Å². The van der Waals surface area contributed by atoms with Crippen LogP contribution in [0.4, 0.5) is 5.69 Å². The van der Waals surface area contributed by atoms with Crippen LogP contribution in [0.15, 0.2) is 59.1 Å². The molecule has 0 saturated carbocycles. The molecule has 1 aromatic heterocycles. The maximum atomic E-state index is 12.9. The van der Waals surface area contributed by atoms with Crippen LogP contribution in [0, 0.1) is 0 Å². The van der Waals surface area contributed by atoms with E-state index in [1.165, 1.54) is 7.11 Å². The summed E-state index contributed by atoms with van der Waals surface area (Å²) < 4.78 is 36.4. The Morgan fingerprint density at radius 1 is 1.16 bits per heavy atom. The number of hydrogen-bond donors (Lipinski definition) is 1. The second-order valence-corrected chi connectivity index (χ2v) is 8.64. The van der Waals surface area contributed by atoms with Crippen LogP contribution < -0.4 is 14.4 Å². The molecule has 0 radical (unpaired) electrons. The van der Waals surface area contributed by atoms with E-state index in [9.17, 15) is 13.2 Å². The lowest BCUT2D eigenvalue weighted by Crippen LogP contribution is -2.49. The first-order chi connectivity index (χ1) is 14.8. The van der Waals surface area contributed by atoms with E-state index in [4.69, 9.17) is 9.26 Å². The van der Waals surface area contributed by atoms with Crippen LogP contribution in [-0.4, -0.2) is 43.9 Å². The van der Waals surface area contributed by atoms with Crippen LogP contribution >= 0.6 is 0 Å².